The Kier molecular flexibility index (Phi) is 5.91. The van der Waals surface area contributed by atoms with E-state index in [9.17, 15) is 9.59 Å². The lowest BCUT2D eigenvalue weighted by atomic mass is 9.43. The molecule has 6 atom stereocenters. The second-order valence-corrected chi connectivity index (χ2v) is 13.8. The zero-order valence-corrected chi connectivity index (χ0v) is 22.2. The summed E-state index contributed by atoms with van der Waals surface area (Å²) in [5.41, 5.74) is 2.50. The summed E-state index contributed by atoms with van der Waals surface area (Å²) in [5.74, 6) is 3.25. The van der Waals surface area contributed by atoms with Gasteiger partial charge in [-0.25, -0.2) is 0 Å². The maximum absolute atomic E-state index is 14.0. The monoisotopic (exact) mass is 440 g/mol. The highest BCUT2D eigenvalue weighted by Crippen LogP contribution is 2.71. The first-order valence-electron chi connectivity index (χ1n) is 13.6. The van der Waals surface area contributed by atoms with Gasteiger partial charge < -0.3 is 0 Å². The summed E-state index contributed by atoms with van der Waals surface area (Å²) >= 11 is 0. The largest absolute Gasteiger partial charge is 0.299 e. The van der Waals surface area contributed by atoms with Crippen molar-refractivity contribution in [3.05, 3.63) is 11.1 Å². The maximum atomic E-state index is 14.0. The van der Waals surface area contributed by atoms with Gasteiger partial charge in [0.1, 0.15) is 5.78 Å². The molecular formula is C30H48O2. The van der Waals surface area contributed by atoms with Gasteiger partial charge in [-0.3, -0.25) is 9.59 Å². The summed E-state index contributed by atoms with van der Waals surface area (Å²) in [6.07, 6.45) is 10.7. The SMILES string of the molecule is CC(C)CCC[C@@H](C)[C@@H]1CC[C@]2(C)C3=C(C(=O)C[C@@]12C)[C@@]1(C)CCC(=O)C(C)(C)[C@@H]1CC3. The number of carbonyl (C=O) groups is 2. The van der Waals surface area contributed by atoms with Gasteiger partial charge >= 0.3 is 0 Å². The number of hydrogen-bond acceptors (Lipinski definition) is 2. The topological polar surface area (TPSA) is 34.1 Å². The fraction of sp³-hybridized carbons (Fsp3) is 0.867. The molecule has 0 aromatic rings. The van der Waals surface area contributed by atoms with E-state index < -0.39 is 0 Å². The molecule has 2 nitrogen and oxygen atoms in total. The van der Waals surface area contributed by atoms with Crippen LogP contribution in [-0.4, -0.2) is 11.6 Å². The lowest BCUT2D eigenvalue weighted by Gasteiger charge is -2.60. The highest BCUT2D eigenvalue weighted by atomic mass is 16.1. The van der Waals surface area contributed by atoms with Crippen LogP contribution in [0.4, 0.5) is 0 Å². The van der Waals surface area contributed by atoms with Crippen molar-refractivity contribution < 1.29 is 9.59 Å². The third-order valence-corrected chi connectivity index (χ3v) is 11.4. The van der Waals surface area contributed by atoms with Crippen molar-refractivity contribution in [1.29, 1.82) is 0 Å². The van der Waals surface area contributed by atoms with Crippen LogP contribution >= 0.6 is 0 Å². The standard InChI is InChI=1S/C30H48O2/c1-19(2)10-9-11-20(3)21-14-17-29(7)22-12-13-24-27(4,5)25(32)15-16-28(24,6)26(22)23(31)18-30(21,29)8/h19-21,24H,9-18H2,1-8H3/t20-,21+,24+,28+,29-,30+/m1/s1. The van der Waals surface area contributed by atoms with E-state index in [-0.39, 0.29) is 21.7 Å². The van der Waals surface area contributed by atoms with Crippen LogP contribution in [0.3, 0.4) is 0 Å². The summed E-state index contributed by atoms with van der Waals surface area (Å²) in [4.78, 5) is 26.8. The fourth-order valence-electron chi connectivity index (χ4n) is 9.30. The molecule has 0 aliphatic heterocycles. The van der Waals surface area contributed by atoms with Crippen LogP contribution in [0.15, 0.2) is 11.1 Å². The number of ketones is 2. The predicted molar refractivity (Wildman–Crippen MR) is 132 cm³/mol. The molecule has 0 spiro atoms. The Bertz CT molecular complexity index is 832. The third-order valence-electron chi connectivity index (χ3n) is 11.4. The Morgan fingerprint density at radius 3 is 2.25 bits per heavy atom. The molecule has 0 aromatic carbocycles. The van der Waals surface area contributed by atoms with Gasteiger partial charge in [-0.15, -0.1) is 0 Å². The van der Waals surface area contributed by atoms with Gasteiger partial charge in [0.05, 0.1) is 0 Å². The van der Waals surface area contributed by atoms with Crippen LogP contribution in [0.1, 0.15) is 120 Å². The molecule has 4 aliphatic carbocycles. The van der Waals surface area contributed by atoms with Crippen LogP contribution in [0.25, 0.3) is 0 Å². The van der Waals surface area contributed by atoms with Gasteiger partial charge in [0, 0.05) is 29.2 Å². The molecule has 0 radical (unpaired) electrons. The van der Waals surface area contributed by atoms with Crippen molar-refractivity contribution in [1.82, 2.24) is 0 Å². The minimum Gasteiger partial charge on any atom is -0.299 e. The van der Waals surface area contributed by atoms with E-state index in [2.05, 4.69) is 55.4 Å². The second-order valence-electron chi connectivity index (χ2n) is 13.8. The molecule has 2 saturated carbocycles. The van der Waals surface area contributed by atoms with E-state index in [0.29, 0.717) is 35.7 Å². The lowest BCUT2D eigenvalue weighted by molar-refractivity contribution is -0.142. The minimum absolute atomic E-state index is 0.0867. The molecule has 4 rings (SSSR count). The summed E-state index contributed by atoms with van der Waals surface area (Å²) in [6, 6.07) is 0. The first-order chi connectivity index (χ1) is 14.8. The Balaban J connectivity index is 1.69. The fourth-order valence-corrected chi connectivity index (χ4v) is 9.30. The lowest BCUT2D eigenvalue weighted by Crippen LogP contribution is -2.56. The summed E-state index contributed by atoms with van der Waals surface area (Å²) in [6.45, 7) is 18.7. The summed E-state index contributed by atoms with van der Waals surface area (Å²) in [7, 11) is 0. The molecular weight excluding hydrogens is 392 g/mol. The van der Waals surface area contributed by atoms with Crippen molar-refractivity contribution in [2.24, 2.45) is 45.3 Å². The number of carbonyl (C=O) groups excluding carboxylic acids is 2. The maximum Gasteiger partial charge on any atom is 0.159 e. The van der Waals surface area contributed by atoms with Gasteiger partial charge in [-0.2, -0.15) is 0 Å². The molecule has 0 heterocycles. The normalized spacial score (nSPS) is 42.0. The quantitative estimate of drug-likeness (QED) is 0.434. The van der Waals surface area contributed by atoms with E-state index in [1.165, 1.54) is 43.3 Å². The molecule has 0 N–H and O–H groups in total. The molecule has 180 valence electrons. The van der Waals surface area contributed by atoms with Crippen molar-refractivity contribution in [3.63, 3.8) is 0 Å². The number of fused-ring (bicyclic) bond motifs is 4. The van der Waals surface area contributed by atoms with Crippen LogP contribution in [0.2, 0.25) is 0 Å². The predicted octanol–water partition coefficient (Wildman–Crippen LogP) is 7.95. The van der Waals surface area contributed by atoms with Crippen LogP contribution in [0, 0.1) is 45.3 Å². The third kappa shape index (κ3) is 3.24. The van der Waals surface area contributed by atoms with Gasteiger partial charge in [0.2, 0.25) is 0 Å². The average Bonchev–Trinajstić information content (AvgIpc) is 2.96. The van der Waals surface area contributed by atoms with Crippen LogP contribution < -0.4 is 0 Å². The summed E-state index contributed by atoms with van der Waals surface area (Å²) < 4.78 is 0. The van der Waals surface area contributed by atoms with Crippen molar-refractivity contribution in [3.8, 4) is 0 Å². The zero-order valence-electron chi connectivity index (χ0n) is 22.2. The van der Waals surface area contributed by atoms with E-state index in [1.807, 2.05) is 0 Å². The van der Waals surface area contributed by atoms with Crippen molar-refractivity contribution >= 4 is 11.6 Å². The van der Waals surface area contributed by atoms with Crippen molar-refractivity contribution in [2.45, 2.75) is 120 Å². The molecule has 0 saturated heterocycles. The molecule has 0 aromatic heterocycles. The first kappa shape index (κ1) is 24.2. The summed E-state index contributed by atoms with van der Waals surface area (Å²) in [5, 5.41) is 0. The van der Waals surface area contributed by atoms with Gasteiger partial charge in [-0.05, 0) is 66.6 Å². The van der Waals surface area contributed by atoms with E-state index in [4.69, 9.17) is 0 Å². The smallest absolute Gasteiger partial charge is 0.159 e. The van der Waals surface area contributed by atoms with E-state index in [0.717, 1.165) is 31.6 Å². The Morgan fingerprint density at radius 1 is 0.906 bits per heavy atom. The molecule has 0 bridgehead atoms. The number of Topliss-reactive ketones (excluding diaryl/α,β-unsaturated/α-hetero) is 2. The molecule has 0 amide bonds. The highest BCUT2D eigenvalue weighted by Gasteiger charge is 2.65. The number of allylic oxidation sites excluding steroid dienone is 2. The van der Waals surface area contributed by atoms with Gasteiger partial charge in [-0.1, -0.05) is 80.2 Å². The number of hydrogen-bond donors (Lipinski definition) is 0. The van der Waals surface area contributed by atoms with Gasteiger partial charge in [0.15, 0.2) is 5.78 Å². The molecule has 32 heavy (non-hydrogen) atoms. The average molecular weight is 441 g/mol. The molecule has 2 fully saturated rings. The Labute approximate surface area is 197 Å². The minimum atomic E-state index is -0.309. The zero-order chi connectivity index (χ0) is 23.7. The second kappa shape index (κ2) is 7.81. The Hall–Kier alpha value is -0.920. The highest BCUT2D eigenvalue weighted by molar-refractivity contribution is 6.00. The number of rotatable bonds is 5. The van der Waals surface area contributed by atoms with E-state index in [1.54, 1.807) is 0 Å². The first-order valence-corrected chi connectivity index (χ1v) is 13.6. The van der Waals surface area contributed by atoms with Crippen LogP contribution in [-0.2, 0) is 9.59 Å². The Morgan fingerprint density at radius 2 is 1.59 bits per heavy atom. The van der Waals surface area contributed by atoms with Gasteiger partial charge in [0.25, 0.3) is 0 Å². The van der Waals surface area contributed by atoms with E-state index >= 15 is 0 Å². The van der Waals surface area contributed by atoms with Crippen LogP contribution in [0.5, 0.6) is 0 Å². The molecule has 2 heteroatoms. The molecule has 0 unspecified atom stereocenters. The molecule has 4 aliphatic rings. The van der Waals surface area contributed by atoms with Crippen molar-refractivity contribution in [2.75, 3.05) is 0 Å².